The van der Waals surface area contributed by atoms with Crippen LogP contribution < -0.4 is 5.32 Å². The van der Waals surface area contributed by atoms with Gasteiger partial charge in [-0.3, -0.25) is 9.89 Å². The van der Waals surface area contributed by atoms with Crippen molar-refractivity contribution in [3.8, 4) is 0 Å². The largest absolute Gasteiger partial charge is 0.368 e. The smallest absolute Gasteiger partial charge is 0.254 e. The van der Waals surface area contributed by atoms with Gasteiger partial charge in [0, 0.05) is 18.4 Å². The van der Waals surface area contributed by atoms with Crippen molar-refractivity contribution >= 4 is 11.7 Å². The molecule has 0 radical (unpaired) electrons. The normalized spacial score (nSPS) is 20.3. The summed E-state index contributed by atoms with van der Waals surface area (Å²) >= 11 is 0. The number of carbonyl (C=O) groups excluding carboxylic acids is 1. The summed E-state index contributed by atoms with van der Waals surface area (Å²) in [6.45, 7) is 4.81. The van der Waals surface area contributed by atoms with Gasteiger partial charge in [0.15, 0.2) is 5.82 Å². The molecule has 1 aromatic rings. The third-order valence-electron chi connectivity index (χ3n) is 2.69. The summed E-state index contributed by atoms with van der Waals surface area (Å²) in [6.07, 6.45) is 1.45. The van der Waals surface area contributed by atoms with Gasteiger partial charge in [-0.25, -0.2) is 0 Å². The third-order valence-corrected chi connectivity index (χ3v) is 2.69. The lowest BCUT2D eigenvalue weighted by atomic mass is 10.1. The summed E-state index contributed by atoms with van der Waals surface area (Å²) in [4.78, 5) is 11.7. The van der Waals surface area contributed by atoms with Crippen LogP contribution >= 0.6 is 0 Å². The number of aromatic amines is 1. The van der Waals surface area contributed by atoms with Gasteiger partial charge in [0.2, 0.25) is 0 Å². The number of anilines is 1. The molecule has 16 heavy (non-hydrogen) atoms. The van der Waals surface area contributed by atoms with Crippen LogP contribution in [0.25, 0.3) is 0 Å². The van der Waals surface area contributed by atoms with E-state index in [1.807, 2.05) is 6.07 Å². The van der Waals surface area contributed by atoms with Gasteiger partial charge in [-0.15, -0.1) is 0 Å². The quantitative estimate of drug-likeness (QED) is 0.818. The molecule has 0 saturated carbocycles. The van der Waals surface area contributed by atoms with Crippen LogP contribution in [-0.2, 0) is 9.53 Å². The molecule has 0 spiro atoms. The van der Waals surface area contributed by atoms with Gasteiger partial charge in [0.25, 0.3) is 5.91 Å². The number of aromatic nitrogens is 2. The second kappa shape index (κ2) is 4.65. The molecule has 1 amide bonds. The van der Waals surface area contributed by atoms with E-state index in [4.69, 9.17) is 4.74 Å². The van der Waals surface area contributed by atoms with Crippen molar-refractivity contribution in [2.45, 2.75) is 38.7 Å². The Bertz CT molecular complexity index is 367. The predicted molar refractivity (Wildman–Crippen MR) is 60.3 cm³/mol. The molecule has 1 aliphatic rings. The van der Waals surface area contributed by atoms with Crippen molar-refractivity contribution < 1.29 is 9.53 Å². The number of carbonyl (C=O) groups is 1. The predicted octanol–water partition coefficient (Wildman–Crippen LogP) is 1.65. The number of ether oxygens (including phenoxy) is 1. The standard InChI is InChI=1S/C11H17N3O2/c1-7(2)8-6-10(14-13-8)12-11(15)9-4-3-5-16-9/h6-7,9H,3-5H2,1-2H3,(H2,12,13,14,15)/t9-/m0/s1. The molecule has 1 aromatic heterocycles. The molecule has 1 saturated heterocycles. The van der Waals surface area contributed by atoms with Gasteiger partial charge >= 0.3 is 0 Å². The topological polar surface area (TPSA) is 67.0 Å². The molecule has 0 unspecified atom stereocenters. The highest BCUT2D eigenvalue weighted by Gasteiger charge is 2.24. The molecular weight excluding hydrogens is 206 g/mol. The molecule has 0 aromatic carbocycles. The highest BCUT2D eigenvalue weighted by atomic mass is 16.5. The van der Waals surface area contributed by atoms with Crippen LogP contribution in [-0.4, -0.2) is 28.8 Å². The number of rotatable bonds is 3. The van der Waals surface area contributed by atoms with Crippen LogP contribution in [0.15, 0.2) is 6.07 Å². The first-order chi connectivity index (χ1) is 7.66. The van der Waals surface area contributed by atoms with E-state index in [0.29, 0.717) is 18.3 Å². The number of H-pyrrole nitrogens is 1. The molecule has 1 fully saturated rings. The number of nitrogens with one attached hydrogen (secondary N) is 2. The summed E-state index contributed by atoms with van der Waals surface area (Å²) in [5.74, 6) is 0.851. The fourth-order valence-electron chi connectivity index (χ4n) is 1.69. The summed E-state index contributed by atoms with van der Waals surface area (Å²) < 4.78 is 5.29. The van der Waals surface area contributed by atoms with Crippen LogP contribution in [0.5, 0.6) is 0 Å². The number of amides is 1. The lowest BCUT2D eigenvalue weighted by molar-refractivity contribution is -0.124. The summed E-state index contributed by atoms with van der Waals surface area (Å²) in [6, 6.07) is 1.86. The Balaban J connectivity index is 1.95. The van der Waals surface area contributed by atoms with E-state index in [0.717, 1.165) is 18.5 Å². The van der Waals surface area contributed by atoms with Crippen molar-refractivity contribution in [2.75, 3.05) is 11.9 Å². The molecule has 5 heteroatoms. The van der Waals surface area contributed by atoms with Crippen LogP contribution in [0, 0.1) is 0 Å². The molecule has 2 rings (SSSR count). The Labute approximate surface area is 94.6 Å². The maximum Gasteiger partial charge on any atom is 0.254 e. The number of hydrogen-bond donors (Lipinski definition) is 2. The van der Waals surface area contributed by atoms with E-state index in [1.54, 1.807) is 0 Å². The van der Waals surface area contributed by atoms with E-state index < -0.39 is 0 Å². The molecular formula is C11H17N3O2. The second-order valence-corrected chi connectivity index (χ2v) is 4.35. The minimum atomic E-state index is -0.306. The molecule has 0 bridgehead atoms. The second-order valence-electron chi connectivity index (χ2n) is 4.35. The zero-order valence-electron chi connectivity index (χ0n) is 9.62. The van der Waals surface area contributed by atoms with Crippen molar-refractivity contribution in [1.82, 2.24) is 10.2 Å². The van der Waals surface area contributed by atoms with Gasteiger partial charge in [0.05, 0.1) is 0 Å². The summed E-state index contributed by atoms with van der Waals surface area (Å²) in [5.41, 5.74) is 1.02. The van der Waals surface area contributed by atoms with Gasteiger partial charge < -0.3 is 10.1 Å². The van der Waals surface area contributed by atoms with Crippen LogP contribution in [0.3, 0.4) is 0 Å². The Morgan fingerprint density at radius 3 is 3.06 bits per heavy atom. The lowest BCUT2D eigenvalue weighted by Gasteiger charge is -2.07. The fourth-order valence-corrected chi connectivity index (χ4v) is 1.69. The van der Waals surface area contributed by atoms with Crippen LogP contribution in [0.4, 0.5) is 5.82 Å². The maximum absolute atomic E-state index is 11.7. The van der Waals surface area contributed by atoms with Crippen molar-refractivity contribution in [1.29, 1.82) is 0 Å². The summed E-state index contributed by atoms with van der Waals surface area (Å²) in [5, 5.41) is 9.68. The first kappa shape index (κ1) is 11.1. The lowest BCUT2D eigenvalue weighted by Crippen LogP contribution is -2.26. The van der Waals surface area contributed by atoms with Gasteiger partial charge in [-0.05, 0) is 18.8 Å². The Morgan fingerprint density at radius 1 is 1.69 bits per heavy atom. The Morgan fingerprint density at radius 2 is 2.50 bits per heavy atom. The van der Waals surface area contributed by atoms with Crippen molar-refractivity contribution in [3.63, 3.8) is 0 Å². The number of nitrogens with zero attached hydrogens (tertiary/aromatic N) is 1. The average Bonchev–Trinajstić information content (AvgIpc) is 2.87. The minimum absolute atomic E-state index is 0.0979. The molecule has 5 nitrogen and oxygen atoms in total. The molecule has 2 heterocycles. The van der Waals surface area contributed by atoms with Gasteiger partial charge in [-0.2, -0.15) is 5.10 Å². The zero-order chi connectivity index (χ0) is 11.5. The first-order valence-electron chi connectivity index (χ1n) is 5.64. The molecule has 1 aliphatic heterocycles. The summed E-state index contributed by atoms with van der Waals surface area (Å²) in [7, 11) is 0. The molecule has 1 atom stereocenters. The minimum Gasteiger partial charge on any atom is -0.368 e. The zero-order valence-corrected chi connectivity index (χ0v) is 9.62. The monoisotopic (exact) mass is 223 g/mol. The van der Waals surface area contributed by atoms with Gasteiger partial charge in [0.1, 0.15) is 6.10 Å². The first-order valence-corrected chi connectivity index (χ1v) is 5.64. The molecule has 2 N–H and O–H groups in total. The molecule has 88 valence electrons. The van der Waals surface area contributed by atoms with Crippen molar-refractivity contribution in [2.24, 2.45) is 0 Å². The highest BCUT2D eigenvalue weighted by molar-refractivity contribution is 5.93. The Hall–Kier alpha value is -1.36. The van der Waals surface area contributed by atoms with Crippen LogP contribution in [0.2, 0.25) is 0 Å². The SMILES string of the molecule is CC(C)c1cc(NC(=O)[C@@H]2CCCO2)n[nH]1. The van der Waals surface area contributed by atoms with E-state index in [-0.39, 0.29) is 12.0 Å². The highest BCUT2D eigenvalue weighted by Crippen LogP contribution is 2.17. The van der Waals surface area contributed by atoms with E-state index in [9.17, 15) is 4.79 Å². The van der Waals surface area contributed by atoms with E-state index >= 15 is 0 Å². The van der Waals surface area contributed by atoms with Crippen LogP contribution in [0.1, 0.15) is 38.3 Å². The average molecular weight is 223 g/mol. The third kappa shape index (κ3) is 2.41. The van der Waals surface area contributed by atoms with Gasteiger partial charge in [-0.1, -0.05) is 13.8 Å². The Kier molecular flexibility index (Phi) is 3.24. The maximum atomic E-state index is 11.7. The molecule has 0 aliphatic carbocycles. The number of hydrogen-bond acceptors (Lipinski definition) is 3. The van der Waals surface area contributed by atoms with E-state index in [2.05, 4.69) is 29.4 Å². The van der Waals surface area contributed by atoms with E-state index in [1.165, 1.54) is 0 Å². The van der Waals surface area contributed by atoms with Crippen molar-refractivity contribution in [3.05, 3.63) is 11.8 Å². The fraction of sp³-hybridized carbons (Fsp3) is 0.636.